The van der Waals surface area contributed by atoms with Crippen LogP contribution in [0.2, 0.25) is 0 Å². The van der Waals surface area contributed by atoms with E-state index in [1.54, 1.807) is 12.1 Å². The van der Waals surface area contributed by atoms with Crippen molar-refractivity contribution >= 4 is 11.9 Å². The Morgan fingerprint density at radius 2 is 1.74 bits per heavy atom. The number of hydrogen-bond donors (Lipinski definition) is 0. The van der Waals surface area contributed by atoms with Gasteiger partial charge in [0.05, 0.1) is 0 Å². The molecule has 96 valence electrons. The average Bonchev–Trinajstić information content (AvgIpc) is 2.47. The fraction of sp³-hybridized carbons (Fsp3) is 0.118. The third kappa shape index (κ3) is 3.55. The predicted molar refractivity (Wildman–Crippen MR) is 77.4 cm³/mol. The second-order valence-corrected chi connectivity index (χ2v) is 4.12. The molecule has 0 heterocycles. The van der Waals surface area contributed by atoms with Gasteiger partial charge in [0.15, 0.2) is 12.4 Å². The summed E-state index contributed by atoms with van der Waals surface area (Å²) in [6, 6.07) is 16.8. The first-order valence-corrected chi connectivity index (χ1v) is 6.24. The molecule has 0 bridgehead atoms. The van der Waals surface area contributed by atoms with Crippen LogP contribution in [0.4, 0.5) is 0 Å². The van der Waals surface area contributed by atoms with Crippen molar-refractivity contribution in [2.75, 3.05) is 6.61 Å². The number of ketones is 1. The summed E-state index contributed by atoms with van der Waals surface area (Å²) in [7, 11) is 0. The van der Waals surface area contributed by atoms with Crippen LogP contribution in [0.3, 0.4) is 0 Å². The van der Waals surface area contributed by atoms with Gasteiger partial charge < -0.3 is 4.74 Å². The van der Waals surface area contributed by atoms with Crippen LogP contribution < -0.4 is 4.74 Å². The standard InChI is InChI=1S/C17H16O2/c1-2-8-15-11-6-7-12-17(15)19-13-16(18)14-9-4-3-5-10-14/h2-12H,13H2,1H3/b8-2-. The highest BCUT2D eigenvalue weighted by Gasteiger charge is 2.07. The molecule has 0 radical (unpaired) electrons. The van der Waals surface area contributed by atoms with Gasteiger partial charge in [-0.3, -0.25) is 4.79 Å². The van der Waals surface area contributed by atoms with E-state index in [2.05, 4.69) is 0 Å². The Kier molecular flexibility index (Phi) is 4.51. The number of Topliss-reactive ketones (excluding diaryl/α,β-unsaturated/α-hetero) is 1. The number of para-hydroxylation sites is 1. The molecule has 0 saturated carbocycles. The summed E-state index contributed by atoms with van der Waals surface area (Å²) < 4.78 is 5.61. The maximum absolute atomic E-state index is 11.9. The number of allylic oxidation sites excluding steroid dienone is 1. The Hall–Kier alpha value is -2.35. The molecule has 0 aliphatic carbocycles. The SMILES string of the molecule is C/C=C\c1ccccc1OCC(=O)c1ccccc1. The van der Waals surface area contributed by atoms with Crippen LogP contribution in [0.15, 0.2) is 60.7 Å². The van der Waals surface area contributed by atoms with Gasteiger partial charge in [0.2, 0.25) is 0 Å². The minimum absolute atomic E-state index is 0.0177. The molecule has 2 aromatic rings. The van der Waals surface area contributed by atoms with Gasteiger partial charge >= 0.3 is 0 Å². The van der Waals surface area contributed by atoms with Crippen molar-refractivity contribution in [2.24, 2.45) is 0 Å². The summed E-state index contributed by atoms with van der Waals surface area (Å²) in [5.74, 6) is 0.709. The van der Waals surface area contributed by atoms with Crippen LogP contribution in [0, 0.1) is 0 Å². The molecule has 0 atom stereocenters. The zero-order chi connectivity index (χ0) is 13.5. The van der Waals surface area contributed by atoms with Gasteiger partial charge in [-0.15, -0.1) is 0 Å². The van der Waals surface area contributed by atoms with E-state index in [4.69, 9.17) is 4.74 Å². The first-order chi connectivity index (χ1) is 9.31. The van der Waals surface area contributed by atoms with Crippen molar-refractivity contribution in [1.29, 1.82) is 0 Å². The molecule has 0 amide bonds. The molecule has 0 saturated heterocycles. The molecule has 19 heavy (non-hydrogen) atoms. The van der Waals surface area contributed by atoms with Gasteiger partial charge in [0, 0.05) is 11.1 Å². The molecular formula is C17H16O2. The molecule has 0 aliphatic heterocycles. The van der Waals surface area contributed by atoms with E-state index in [0.29, 0.717) is 5.56 Å². The molecule has 0 N–H and O–H groups in total. The highest BCUT2D eigenvalue weighted by Crippen LogP contribution is 2.19. The summed E-state index contributed by atoms with van der Waals surface area (Å²) in [5, 5.41) is 0. The van der Waals surface area contributed by atoms with Crippen LogP contribution in [0.5, 0.6) is 5.75 Å². The summed E-state index contributed by atoms with van der Waals surface area (Å²) >= 11 is 0. The highest BCUT2D eigenvalue weighted by molar-refractivity contribution is 5.97. The average molecular weight is 252 g/mol. The molecule has 2 heteroatoms. The Morgan fingerprint density at radius 3 is 2.47 bits per heavy atom. The summed E-state index contributed by atoms with van der Waals surface area (Å²) in [5.41, 5.74) is 1.65. The smallest absolute Gasteiger partial charge is 0.200 e. The fourth-order valence-electron chi connectivity index (χ4n) is 1.78. The third-order valence-corrected chi connectivity index (χ3v) is 2.72. The van der Waals surface area contributed by atoms with Crippen molar-refractivity contribution in [1.82, 2.24) is 0 Å². The first kappa shape index (κ1) is 13.1. The predicted octanol–water partition coefficient (Wildman–Crippen LogP) is 3.98. The lowest BCUT2D eigenvalue weighted by atomic mass is 10.1. The van der Waals surface area contributed by atoms with Crippen LogP contribution in [-0.4, -0.2) is 12.4 Å². The largest absolute Gasteiger partial charge is 0.485 e. The van der Waals surface area contributed by atoms with Crippen LogP contribution in [0.25, 0.3) is 6.08 Å². The maximum atomic E-state index is 11.9. The fourth-order valence-corrected chi connectivity index (χ4v) is 1.78. The van der Waals surface area contributed by atoms with E-state index in [9.17, 15) is 4.79 Å². The normalized spacial score (nSPS) is 10.6. The summed E-state index contributed by atoms with van der Waals surface area (Å²) in [4.78, 5) is 11.9. The Bertz CT molecular complexity index is 571. The Balaban J connectivity index is 2.05. The van der Waals surface area contributed by atoms with Crippen LogP contribution in [-0.2, 0) is 0 Å². The molecule has 0 fully saturated rings. The number of ether oxygens (including phenoxy) is 1. The van der Waals surface area contributed by atoms with E-state index in [1.165, 1.54) is 0 Å². The maximum Gasteiger partial charge on any atom is 0.200 e. The lowest BCUT2D eigenvalue weighted by Gasteiger charge is -2.08. The van der Waals surface area contributed by atoms with Gasteiger partial charge in [-0.05, 0) is 13.0 Å². The zero-order valence-electron chi connectivity index (χ0n) is 10.9. The quantitative estimate of drug-likeness (QED) is 0.752. The van der Waals surface area contributed by atoms with E-state index in [-0.39, 0.29) is 12.4 Å². The first-order valence-electron chi connectivity index (χ1n) is 6.24. The minimum atomic E-state index is -0.0177. The van der Waals surface area contributed by atoms with Gasteiger partial charge in [-0.25, -0.2) is 0 Å². The molecule has 2 nitrogen and oxygen atoms in total. The van der Waals surface area contributed by atoms with Crippen molar-refractivity contribution in [3.8, 4) is 5.75 Å². The second-order valence-electron chi connectivity index (χ2n) is 4.12. The second kappa shape index (κ2) is 6.55. The van der Waals surface area contributed by atoms with Crippen molar-refractivity contribution in [2.45, 2.75) is 6.92 Å². The minimum Gasteiger partial charge on any atom is -0.485 e. The molecule has 2 rings (SSSR count). The third-order valence-electron chi connectivity index (χ3n) is 2.72. The van der Waals surface area contributed by atoms with E-state index in [0.717, 1.165) is 11.3 Å². The summed E-state index contributed by atoms with van der Waals surface area (Å²) in [6.45, 7) is 2.00. The molecule has 0 spiro atoms. The molecule has 0 unspecified atom stereocenters. The highest BCUT2D eigenvalue weighted by atomic mass is 16.5. The monoisotopic (exact) mass is 252 g/mol. The molecular weight excluding hydrogens is 236 g/mol. The number of hydrogen-bond acceptors (Lipinski definition) is 2. The van der Waals surface area contributed by atoms with Gasteiger partial charge in [-0.2, -0.15) is 0 Å². The van der Waals surface area contributed by atoms with Gasteiger partial charge in [-0.1, -0.05) is 60.7 Å². The van der Waals surface area contributed by atoms with E-state index >= 15 is 0 Å². The lowest BCUT2D eigenvalue weighted by molar-refractivity contribution is 0.0921. The number of benzene rings is 2. The van der Waals surface area contributed by atoms with E-state index < -0.39 is 0 Å². The zero-order valence-corrected chi connectivity index (χ0v) is 10.9. The van der Waals surface area contributed by atoms with Crippen molar-refractivity contribution in [3.05, 3.63) is 71.8 Å². The van der Waals surface area contributed by atoms with Crippen molar-refractivity contribution in [3.63, 3.8) is 0 Å². The van der Waals surface area contributed by atoms with E-state index in [1.807, 2.05) is 61.5 Å². The topological polar surface area (TPSA) is 26.3 Å². The number of carbonyl (C=O) groups excluding carboxylic acids is 1. The van der Waals surface area contributed by atoms with Crippen molar-refractivity contribution < 1.29 is 9.53 Å². The van der Waals surface area contributed by atoms with Gasteiger partial charge in [0.1, 0.15) is 5.75 Å². The summed E-state index contributed by atoms with van der Waals surface area (Å²) in [6.07, 6.45) is 3.91. The Morgan fingerprint density at radius 1 is 1.05 bits per heavy atom. The molecule has 2 aromatic carbocycles. The lowest BCUT2D eigenvalue weighted by Crippen LogP contribution is -2.11. The number of rotatable bonds is 5. The van der Waals surface area contributed by atoms with Crippen LogP contribution >= 0.6 is 0 Å². The molecule has 0 aliphatic rings. The van der Waals surface area contributed by atoms with Crippen LogP contribution in [0.1, 0.15) is 22.8 Å². The molecule has 0 aromatic heterocycles. The Labute approximate surface area is 113 Å². The van der Waals surface area contributed by atoms with Gasteiger partial charge in [0.25, 0.3) is 0 Å². The number of carbonyl (C=O) groups is 1.